The maximum Gasteiger partial charge on any atom is 0.132 e. The molecule has 0 radical (unpaired) electrons. The molecule has 1 aliphatic rings. The quantitative estimate of drug-likeness (QED) is 0.609. The number of hydrogen-bond donors (Lipinski definition) is 0. The van der Waals surface area contributed by atoms with Crippen molar-refractivity contribution in [2.45, 2.75) is 64.7 Å². The first-order valence-electron chi connectivity index (χ1n) is 9.46. The van der Waals surface area contributed by atoms with E-state index in [0.29, 0.717) is 11.5 Å². The van der Waals surface area contributed by atoms with Crippen LogP contribution in [0, 0.1) is 11.7 Å². The lowest BCUT2D eigenvalue weighted by Crippen LogP contribution is -2.13. The highest BCUT2D eigenvalue weighted by Gasteiger charge is 2.22. The lowest BCUT2D eigenvalue weighted by molar-refractivity contribution is 0.308. The van der Waals surface area contributed by atoms with Crippen molar-refractivity contribution in [3.05, 3.63) is 53.5 Å². The molecule has 1 heterocycles. The van der Waals surface area contributed by atoms with Gasteiger partial charge in [0.2, 0.25) is 0 Å². The van der Waals surface area contributed by atoms with Crippen LogP contribution in [0.15, 0.2) is 36.5 Å². The van der Waals surface area contributed by atoms with Crippen molar-refractivity contribution in [1.82, 2.24) is 4.98 Å². The van der Waals surface area contributed by atoms with Crippen LogP contribution in [0.2, 0.25) is 0 Å². The van der Waals surface area contributed by atoms with E-state index in [1.807, 2.05) is 24.4 Å². The Kier molecular flexibility index (Phi) is 5.65. The van der Waals surface area contributed by atoms with Gasteiger partial charge in [0.25, 0.3) is 0 Å². The first-order chi connectivity index (χ1) is 11.7. The summed E-state index contributed by atoms with van der Waals surface area (Å²) in [5.41, 5.74) is 3.68. The highest BCUT2D eigenvalue weighted by atomic mass is 19.1. The van der Waals surface area contributed by atoms with Gasteiger partial charge in [-0.15, -0.1) is 0 Å². The number of aryl methyl sites for hydroxylation is 1. The Bertz CT molecular complexity index is 654. The van der Waals surface area contributed by atoms with E-state index in [4.69, 9.17) is 0 Å². The molecule has 1 aromatic heterocycles. The first-order valence-corrected chi connectivity index (χ1v) is 9.46. The van der Waals surface area contributed by atoms with Gasteiger partial charge in [0, 0.05) is 11.8 Å². The van der Waals surface area contributed by atoms with Crippen LogP contribution in [0.1, 0.15) is 69.4 Å². The minimum absolute atomic E-state index is 0.139. The minimum atomic E-state index is -0.139. The van der Waals surface area contributed by atoms with Crippen LogP contribution in [0.5, 0.6) is 0 Å². The lowest BCUT2D eigenvalue weighted by atomic mass is 9.77. The molecule has 0 atom stereocenters. The van der Waals surface area contributed by atoms with Gasteiger partial charge in [0.05, 0.1) is 5.69 Å². The van der Waals surface area contributed by atoms with Crippen LogP contribution >= 0.6 is 0 Å². The largest absolute Gasteiger partial charge is 0.256 e. The normalized spacial score (nSPS) is 21.0. The number of aromatic nitrogens is 1. The van der Waals surface area contributed by atoms with Crippen molar-refractivity contribution in [2.24, 2.45) is 5.92 Å². The summed E-state index contributed by atoms with van der Waals surface area (Å²) in [5, 5.41) is 0. The molecular weight excluding hydrogens is 297 g/mol. The highest BCUT2D eigenvalue weighted by Crippen LogP contribution is 2.38. The molecule has 0 N–H and O–H groups in total. The van der Waals surface area contributed by atoms with Crippen molar-refractivity contribution in [3.8, 4) is 11.3 Å². The average Bonchev–Trinajstić information content (AvgIpc) is 2.63. The Hall–Kier alpha value is -1.70. The second kappa shape index (κ2) is 7.92. The number of benzene rings is 1. The van der Waals surface area contributed by atoms with Crippen LogP contribution in [0.4, 0.5) is 4.39 Å². The predicted octanol–water partition coefficient (Wildman–Crippen LogP) is 6.52. The Balaban J connectivity index is 1.73. The maximum atomic E-state index is 14.6. The van der Waals surface area contributed by atoms with Crippen molar-refractivity contribution in [3.63, 3.8) is 0 Å². The van der Waals surface area contributed by atoms with E-state index < -0.39 is 0 Å². The van der Waals surface area contributed by atoms with E-state index in [2.05, 4.69) is 24.9 Å². The second-order valence-electron chi connectivity index (χ2n) is 7.15. The Morgan fingerprint density at radius 2 is 1.83 bits per heavy atom. The summed E-state index contributed by atoms with van der Waals surface area (Å²) in [7, 11) is 0. The van der Waals surface area contributed by atoms with Crippen molar-refractivity contribution in [2.75, 3.05) is 0 Å². The fourth-order valence-electron chi connectivity index (χ4n) is 3.98. The average molecular weight is 325 g/mol. The van der Waals surface area contributed by atoms with E-state index in [-0.39, 0.29) is 5.82 Å². The van der Waals surface area contributed by atoms with E-state index in [9.17, 15) is 4.39 Å². The summed E-state index contributed by atoms with van der Waals surface area (Å²) in [5.74, 6) is 1.27. The molecular formula is C22H28FN. The number of hydrogen-bond acceptors (Lipinski definition) is 1. The van der Waals surface area contributed by atoms with Gasteiger partial charge in [0.15, 0.2) is 0 Å². The fraction of sp³-hybridized carbons (Fsp3) is 0.500. The number of pyridine rings is 1. The predicted molar refractivity (Wildman–Crippen MR) is 98.6 cm³/mol. The van der Waals surface area contributed by atoms with Crippen LogP contribution in [-0.2, 0) is 6.42 Å². The van der Waals surface area contributed by atoms with Crippen molar-refractivity contribution >= 4 is 0 Å². The van der Waals surface area contributed by atoms with Crippen LogP contribution < -0.4 is 0 Å². The Morgan fingerprint density at radius 3 is 2.42 bits per heavy atom. The summed E-state index contributed by atoms with van der Waals surface area (Å²) in [6.07, 6.45) is 10.4. The van der Waals surface area contributed by atoms with Gasteiger partial charge in [-0.25, -0.2) is 4.39 Å². The molecule has 128 valence electrons. The molecule has 0 bridgehead atoms. The van der Waals surface area contributed by atoms with Crippen molar-refractivity contribution in [1.29, 1.82) is 0 Å². The molecule has 1 aliphatic carbocycles. The van der Waals surface area contributed by atoms with Gasteiger partial charge in [-0.05, 0) is 73.3 Å². The molecule has 0 spiro atoms. The number of nitrogens with zero attached hydrogens (tertiary/aromatic N) is 1. The zero-order chi connectivity index (χ0) is 16.9. The standard InChI is InChI=1S/C22H28FN/c1-3-5-17-6-9-18(10-7-17)19-11-12-20(21(23)14-19)22-13-8-16(4-2)15-24-22/h8,11-15,17-18H,3-7,9-10H2,1-2H3/t17-,18-. The highest BCUT2D eigenvalue weighted by molar-refractivity contribution is 5.60. The zero-order valence-electron chi connectivity index (χ0n) is 14.9. The topological polar surface area (TPSA) is 12.9 Å². The summed E-state index contributed by atoms with van der Waals surface area (Å²) in [6.45, 7) is 4.36. The molecule has 1 nitrogen and oxygen atoms in total. The maximum absolute atomic E-state index is 14.6. The van der Waals surface area contributed by atoms with Crippen LogP contribution in [0.25, 0.3) is 11.3 Å². The van der Waals surface area contributed by atoms with Crippen LogP contribution in [0.3, 0.4) is 0 Å². The molecule has 2 heteroatoms. The van der Waals surface area contributed by atoms with E-state index in [1.54, 1.807) is 6.07 Å². The third kappa shape index (κ3) is 3.85. The monoisotopic (exact) mass is 325 g/mol. The van der Waals surface area contributed by atoms with E-state index in [0.717, 1.165) is 23.6 Å². The van der Waals surface area contributed by atoms with Gasteiger partial charge < -0.3 is 0 Å². The minimum Gasteiger partial charge on any atom is -0.256 e. The molecule has 1 aromatic carbocycles. The Morgan fingerprint density at radius 1 is 1.04 bits per heavy atom. The molecule has 0 unspecified atom stereocenters. The number of rotatable bonds is 5. The van der Waals surface area contributed by atoms with Gasteiger partial charge in [0.1, 0.15) is 5.82 Å². The molecule has 0 amide bonds. The molecule has 24 heavy (non-hydrogen) atoms. The van der Waals surface area contributed by atoms with Gasteiger partial charge in [-0.2, -0.15) is 0 Å². The molecule has 1 fully saturated rings. The smallest absolute Gasteiger partial charge is 0.132 e. The first kappa shape index (κ1) is 17.1. The third-order valence-corrected chi connectivity index (χ3v) is 5.52. The molecule has 3 rings (SSSR count). The Labute approximate surface area is 145 Å². The van der Waals surface area contributed by atoms with E-state index >= 15 is 0 Å². The van der Waals surface area contributed by atoms with E-state index in [1.165, 1.54) is 44.1 Å². The molecule has 0 saturated heterocycles. The lowest BCUT2D eigenvalue weighted by Gasteiger charge is -2.28. The molecule has 2 aromatic rings. The fourth-order valence-corrected chi connectivity index (χ4v) is 3.98. The van der Waals surface area contributed by atoms with Gasteiger partial charge in [-0.1, -0.05) is 38.8 Å². The molecule has 0 aliphatic heterocycles. The summed E-state index contributed by atoms with van der Waals surface area (Å²) in [6, 6.07) is 9.72. The molecule has 1 saturated carbocycles. The third-order valence-electron chi connectivity index (χ3n) is 5.52. The summed E-state index contributed by atoms with van der Waals surface area (Å²) >= 11 is 0. The SMILES string of the molecule is CCC[C@H]1CC[C@H](c2ccc(-c3ccc(CC)cn3)c(F)c2)CC1. The van der Waals surface area contributed by atoms with Crippen molar-refractivity contribution < 1.29 is 4.39 Å². The van der Waals surface area contributed by atoms with Crippen LogP contribution in [-0.4, -0.2) is 4.98 Å². The zero-order valence-corrected chi connectivity index (χ0v) is 14.9. The number of halogens is 1. The summed E-state index contributed by atoms with van der Waals surface area (Å²) in [4.78, 5) is 4.41. The summed E-state index contributed by atoms with van der Waals surface area (Å²) < 4.78 is 14.6. The van der Waals surface area contributed by atoms with Gasteiger partial charge in [-0.3, -0.25) is 4.98 Å². The second-order valence-corrected chi connectivity index (χ2v) is 7.15. The van der Waals surface area contributed by atoms with Gasteiger partial charge >= 0.3 is 0 Å².